The van der Waals surface area contributed by atoms with Gasteiger partial charge < -0.3 is 10.0 Å². The van der Waals surface area contributed by atoms with Gasteiger partial charge in [-0.3, -0.25) is 9.69 Å². The maximum absolute atomic E-state index is 13.5. The van der Waals surface area contributed by atoms with Gasteiger partial charge in [0.1, 0.15) is 11.6 Å². The van der Waals surface area contributed by atoms with E-state index in [1.54, 1.807) is 25.7 Å². The van der Waals surface area contributed by atoms with Crippen LogP contribution in [0.3, 0.4) is 0 Å². The first-order valence-corrected chi connectivity index (χ1v) is 8.23. The van der Waals surface area contributed by atoms with Crippen LogP contribution < -0.4 is 0 Å². The van der Waals surface area contributed by atoms with Gasteiger partial charge in [-0.1, -0.05) is 0 Å². The zero-order valence-corrected chi connectivity index (χ0v) is 14.5. The highest BCUT2D eigenvalue weighted by Crippen LogP contribution is 2.34. The summed E-state index contributed by atoms with van der Waals surface area (Å²) < 4.78 is 26.9. The third-order valence-corrected chi connectivity index (χ3v) is 5.17. The Morgan fingerprint density at radius 3 is 2.54 bits per heavy atom. The number of alkyl halides is 2. The van der Waals surface area contributed by atoms with E-state index in [1.165, 1.54) is 11.0 Å². The Kier molecular flexibility index (Phi) is 5.03. The van der Waals surface area contributed by atoms with Crippen LogP contribution in [0.5, 0.6) is 0 Å². The van der Waals surface area contributed by atoms with Crippen molar-refractivity contribution in [2.45, 2.75) is 57.0 Å². The lowest BCUT2D eigenvalue weighted by Crippen LogP contribution is -2.49. The van der Waals surface area contributed by atoms with Gasteiger partial charge in [-0.25, -0.2) is 8.78 Å². The molecule has 0 aromatic rings. The lowest BCUT2D eigenvalue weighted by atomic mass is 9.96. The molecule has 1 amide bonds. The quantitative estimate of drug-likeness (QED) is 0.627. The van der Waals surface area contributed by atoms with Gasteiger partial charge in [0.05, 0.1) is 18.7 Å². The SMILES string of the molecule is CC(C)(C=C(C#N)C(=O)N1CCCC1(C)CO)N1CCC(F)(F)C1. The first-order valence-electron chi connectivity index (χ1n) is 8.23. The molecule has 0 aromatic heterocycles. The minimum Gasteiger partial charge on any atom is -0.394 e. The molecule has 0 aromatic carbocycles. The molecule has 2 aliphatic heterocycles. The van der Waals surface area contributed by atoms with Crippen LogP contribution in [0.1, 0.15) is 40.0 Å². The van der Waals surface area contributed by atoms with Crippen LogP contribution >= 0.6 is 0 Å². The molecule has 134 valence electrons. The van der Waals surface area contributed by atoms with Crippen LogP contribution in [0.2, 0.25) is 0 Å². The molecule has 2 aliphatic rings. The van der Waals surface area contributed by atoms with E-state index in [1.807, 2.05) is 6.07 Å². The molecule has 0 saturated carbocycles. The third kappa shape index (κ3) is 3.60. The Labute approximate surface area is 141 Å². The summed E-state index contributed by atoms with van der Waals surface area (Å²) in [5, 5.41) is 19.0. The van der Waals surface area contributed by atoms with Gasteiger partial charge in [-0.15, -0.1) is 0 Å². The average Bonchev–Trinajstić information content (AvgIpc) is 3.07. The van der Waals surface area contributed by atoms with Gasteiger partial charge in [-0.05, 0) is 39.7 Å². The van der Waals surface area contributed by atoms with Gasteiger partial charge in [0, 0.05) is 25.0 Å². The van der Waals surface area contributed by atoms with Crippen LogP contribution in [0, 0.1) is 11.3 Å². The first-order chi connectivity index (χ1) is 11.0. The molecule has 2 heterocycles. The van der Waals surface area contributed by atoms with Crippen LogP contribution in [-0.4, -0.2) is 64.1 Å². The van der Waals surface area contributed by atoms with E-state index >= 15 is 0 Å². The molecule has 0 aliphatic carbocycles. The summed E-state index contributed by atoms with van der Waals surface area (Å²) in [6, 6.07) is 1.91. The van der Waals surface area contributed by atoms with E-state index in [9.17, 15) is 23.9 Å². The van der Waals surface area contributed by atoms with Gasteiger partial charge in [-0.2, -0.15) is 5.26 Å². The Morgan fingerprint density at radius 2 is 2.04 bits per heavy atom. The molecule has 5 nitrogen and oxygen atoms in total. The number of aliphatic hydroxyl groups is 1. The molecular weight excluding hydrogens is 316 g/mol. The van der Waals surface area contributed by atoms with Crippen LogP contribution in [-0.2, 0) is 4.79 Å². The fraction of sp³-hybridized carbons (Fsp3) is 0.765. The summed E-state index contributed by atoms with van der Waals surface area (Å²) in [4.78, 5) is 15.8. The largest absolute Gasteiger partial charge is 0.394 e. The van der Waals surface area contributed by atoms with Crippen LogP contribution in [0.25, 0.3) is 0 Å². The fourth-order valence-corrected chi connectivity index (χ4v) is 3.49. The highest BCUT2D eigenvalue weighted by molar-refractivity contribution is 5.98. The topological polar surface area (TPSA) is 67.6 Å². The lowest BCUT2D eigenvalue weighted by Gasteiger charge is -2.35. The maximum atomic E-state index is 13.5. The average molecular weight is 341 g/mol. The summed E-state index contributed by atoms with van der Waals surface area (Å²) >= 11 is 0. The zero-order chi connectivity index (χ0) is 18.2. The number of nitriles is 1. The lowest BCUT2D eigenvalue weighted by molar-refractivity contribution is -0.131. The van der Waals surface area contributed by atoms with Crippen molar-refractivity contribution >= 4 is 5.91 Å². The van der Waals surface area contributed by atoms with Gasteiger partial charge in [0.2, 0.25) is 0 Å². The molecule has 1 atom stereocenters. The van der Waals surface area contributed by atoms with Crippen molar-refractivity contribution in [2.24, 2.45) is 0 Å². The predicted octanol–water partition coefficient (Wildman–Crippen LogP) is 1.93. The van der Waals surface area contributed by atoms with Crippen molar-refractivity contribution in [1.82, 2.24) is 9.80 Å². The minimum absolute atomic E-state index is 0.0585. The Balaban J connectivity index is 2.22. The van der Waals surface area contributed by atoms with E-state index in [4.69, 9.17) is 0 Å². The highest BCUT2D eigenvalue weighted by atomic mass is 19.3. The van der Waals surface area contributed by atoms with Gasteiger partial charge in [0.15, 0.2) is 0 Å². The second-order valence-electron chi connectivity index (χ2n) is 7.57. The Morgan fingerprint density at radius 1 is 1.38 bits per heavy atom. The molecule has 1 unspecified atom stereocenters. The smallest absolute Gasteiger partial charge is 0.264 e. The van der Waals surface area contributed by atoms with Crippen molar-refractivity contribution in [3.05, 3.63) is 11.6 Å². The monoisotopic (exact) mass is 341 g/mol. The number of aliphatic hydroxyl groups excluding tert-OH is 1. The van der Waals surface area contributed by atoms with Crippen LogP contribution in [0.4, 0.5) is 8.78 Å². The third-order valence-electron chi connectivity index (χ3n) is 5.17. The second kappa shape index (κ2) is 6.41. The summed E-state index contributed by atoms with van der Waals surface area (Å²) in [5.74, 6) is -3.17. The number of carbonyl (C=O) groups excluding carboxylic acids is 1. The zero-order valence-electron chi connectivity index (χ0n) is 14.5. The number of carbonyl (C=O) groups is 1. The van der Waals surface area contributed by atoms with Gasteiger partial charge in [0.25, 0.3) is 11.8 Å². The van der Waals surface area contributed by atoms with E-state index in [-0.39, 0.29) is 31.7 Å². The number of halogens is 2. The molecule has 0 radical (unpaired) electrons. The molecule has 1 N–H and O–H groups in total. The molecule has 2 rings (SSSR count). The number of hydrogen-bond acceptors (Lipinski definition) is 4. The normalized spacial score (nSPS) is 28.2. The van der Waals surface area contributed by atoms with Crippen molar-refractivity contribution in [3.63, 3.8) is 0 Å². The number of amides is 1. The van der Waals surface area contributed by atoms with E-state index in [0.29, 0.717) is 13.0 Å². The highest BCUT2D eigenvalue weighted by Gasteiger charge is 2.44. The summed E-state index contributed by atoms with van der Waals surface area (Å²) in [5.41, 5.74) is -1.55. The summed E-state index contributed by atoms with van der Waals surface area (Å²) in [7, 11) is 0. The molecule has 2 fully saturated rings. The Bertz CT molecular complexity index is 583. The molecule has 0 bridgehead atoms. The minimum atomic E-state index is -2.73. The van der Waals surface area contributed by atoms with Crippen LogP contribution in [0.15, 0.2) is 11.6 Å². The van der Waals surface area contributed by atoms with E-state index in [2.05, 4.69) is 0 Å². The number of likely N-dealkylation sites (tertiary alicyclic amines) is 2. The maximum Gasteiger partial charge on any atom is 0.264 e. The van der Waals surface area contributed by atoms with Crippen molar-refractivity contribution in [2.75, 3.05) is 26.2 Å². The fourth-order valence-electron chi connectivity index (χ4n) is 3.49. The number of rotatable bonds is 4. The second-order valence-corrected chi connectivity index (χ2v) is 7.57. The summed E-state index contributed by atoms with van der Waals surface area (Å²) in [6.07, 6.45) is 2.71. The Hall–Kier alpha value is -1.52. The number of hydrogen-bond donors (Lipinski definition) is 1. The predicted molar refractivity (Wildman–Crippen MR) is 85.3 cm³/mol. The molecular formula is C17H25F2N3O2. The molecule has 2 saturated heterocycles. The number of nitrogens with zero attached hydrogens (tertiary/aromatic N) is 3. The standard InChI is InChI=1S/C17H25F2N3O2/c1-15(2,21-8-6-17(18,19)11-21)9-13(10-20)14(24)22-7-4-5-16(22,3)12-23/h9,23H,4-8,11-12H2,1-3H3. The van der Waals surface area contributed by atoms with Crippen molar-refractivity contribution in [1.29, 1.82) is 5.26 Å². The molecule has 0 spiro atoms. The molecule has 7 heteroatoms. The van der Waals surface area contributed by atoms with Crippen molar-refractivity contribution in [3.8, 4) is 6.07 Å². The van der Waals surface area contributed by atoms with Crippen molar-refractivity contribution < 1.29 is 18.7 Å². The van der Waals surface area contributed by atoms with E-state index < -0.39 is 22.9 Å². The summed E-state index contributed by atoms with van der Waals surface area (Å²) in [6.45, 7) is 5.42. The molecule has 24 heavy (non-hydrogen) atoms. The van der Waals surface area contributed by atoms with E-state index in [0.717, 1.165) is 6.42 Å². The first kappa shape index (κ1) is 18.8. The van der Waals surface area contributed by atoms with Gasteiger partial charge >= 0.3 is 0 Å².